The normalized spacial score (nSPS) is 15.2. The van der Waals surface area contributed by atoms with Gasteiger partial charge in [0.25, 0.3) is 0 Å². The highest BCUT2D eigenvalue weighted by molar-refractivity contribution is 5.92. The van der Waals surface area contributed by atoms with E-state index in [1.807, 2.05) is 55.5 Å². The van der Waals surface area contributed by atoms with Gasteiger partial charge in [0.2, 0.25) is 5.91 Å². The molecule has 0 saturated carbocycles. The summed E-state index contributed by atoms with van der Waals surface area (Å²) in [4.78, 5) is 12.2. The standard InChI is InChI=1S/C19H22N2O2/c1-14-2-6-17(7-3-14)23-18-8-4-16(5-9-18)21-19(22)15-10-12-20-13-11-15/h2-9,15,20H,10-13H2,1H3,(H,21,22). The fourth-order valence-electron chi connectivity index (χ4n) is 2.68. The van der Waals surface area contributed by atoms with Gasteiger partial charge in [0.05, 0.1) is 0 Å². The first-order chi connectivity index (χ1) is 11.2. The number of anilines is 1. The van der Waals surface area contributed by atoms with Crippen molar-refractivity contribution in [1.82, 2.24) is 5.32 Å². The van der Waals surface area contributed by atoms with E-state index in [-0.39, 0.29) is 11.8 Å². The van der Waals surface area contributed by atoms with E-state index in [0.29, 0.717) is 0 Å². The van der Waals surface area contributed by atoms with Crippen molar-refractivity contribution in [2.75, 3.05) is 18.4 Å². The molecule has 1 fully saturated rings. The highest BCUT2D eigenvalue weighted by atomic mass is 16.5. The van der Waals surface area contributed by atoms with Gasteiger partial charge in [0.1, 0.15) is 11.5 Å². The van der Waals surface area contributed by atoms with Gasteiger partial charge in [-0.3, -0.25) is 4.79 Å². The summed E-state index contributed by atoms with van der Waals surface area (Å²) in [5.74, 6) is 1.79. The fraction of sp³-hybridized carbons (Fsp3) is 0.316. The van der Waals surface area contributed by atoms with Crippen LogP contribution in [-0.2, 0) is 4.79 Å². The smallest absolute Gasteiger partial charge is 0.227 e. The maximum atomic E-state index is 12.2. The van der Waals surface area contributed by atoms with Gasteiger partial charge in [-0.1, -0.05) is 17.7 Å². The molecule has 3 rings (SSSR count). The van der Waals surface area contributed by atoms with Crippen LogP contribution in [0.5, 0.6) is 11.5 Å². The maximum Gasteiger partial charge on any atom is 0.227 e. The summed E-state index contributed by atoms with van der Waals surface area (Å²) < 4.78 is 5.79. The molecule has 0 spiro atoms. The third-order valence-electron chi connectivity index (χ3n) is 4.09. The zero-order valence-electron chi connectivity index (χ0n) is 13.3. The Kier molecular flexibility index (Phi) is 4.93. The Labute approximate surface area is 136 Å². The second-order valence-electron chi connectivity index (χ2n) is 5.95. The average molecular weight is 310 g/mol. The van der Waals surface area contributed by atoms with E-state index in [0.717, 1.165) is 43.1 Å². The first-order valence-corrected chi connectivity index (χ1v) is 8.07. The van der Waals surface area contributed by atoms with Crippen LogP contribution in [0.2, 0.25) is 0 Å². The van der Waals surface area contributed by atoms with Gasteiger partial charge in [-0.2, -0.15) is 0 Å². The first-order valence-electron chi connectivity index (χ1n) is 8.07. The fourth-order valence-corrected chi connectivity index (χ4v) is 2.68. The topological polar surface area (TPSA) is 50.4 Å². The summed E-state index contributed by atoms with van der Waals surface area (Å²) in [5.41, 5.74) is 2.01. The van der Waals surface area contributed by atoms with Crippen molar-refractivity contribution in [2.24, 2.45) is 5.92 Å². The molecule has 23 heavy (non-hydrogen) atoms. The van der Waals surface area contributed by atoms with E-state index in [2.05, 4.69) is 10.6 Å². The maximum absolute atomic E-state index is 12.2. The van der Waals surface area contributed by atoms with Gasteiger partial charge in [-0.15, -0.1) is 0 Å². The Morgan fingerprint density at radius 3 is 2.17 bits per heavy atom. The van der Waals surface area contributed by atoms with Crippen LogP contribution < -0.4 is 15.4 Å². The number of benzene rings is 2. The predicted molar refractivity (Wildman–Crippen MR) is 91.9 cm³/mol. The summed E-state index contributed by atoms with van der Waals surface area (Å²) in [6.45, 7) is 3.88. The lowest BCUT2D eigenvalue weighted by Crippen LogP contribution is -2.34. The van der Waals surface area contributed by atoms with E-state index in [4.69, 9.17) is 4.74 Å². The van der Waals surface area contributed by atoms with Gasteiger partial charge in [0, 0.05) is 11.6 Å². The number of hydrogen-bond donors (Lipinski definition) is 2. The molecular weight excluding hydrogens is 288 g/mol. The lowest BCUT2D eigenvalue weighted by atomic mass is 9.97. The molecule has 0 unspecified atom stereocenters. The summed E-state index contributed by atoms with van der Waals surface area (Å²) in [6.07, 6.45) is 1.81. The van der Waals surface area contributed by atoms with Crippen molar-refractivity contribution in [3.63, 3.8) is 0 Å². The van der Waals surface area contributed by atoms with Crippen LogP contribution in [0, 0.1) is 12.8 Å². The quantitative estimate of drug-likeness (QED) is 0.905. The van der Waals surface area contributed by atoms with Crippen molar-refractivity contribution in [2.45, 2.75) is 19.8 Å². The second kappa shape index (κ2) is 7.29. The Hall–Kier alpha value is -2.33. The van der Waals surface area contributed by atoms with Crippen LogP contribution in [0.3, 0.4) is 0 Å². The van der Waals surface area contributed by atoms with Gasteiger partial charge >= 0.3 is 0 Å². The number of amides is 1. The Bertz CT molecular complexity index is 644. The molecular formula is C19H22N2O2. The number of carbonyl (C=O) groups is 1. The summed E-state index contributed by atoms with van der Waals surface area (Å²) in [5, 5.41) is 6.26. The lowest BCUT2D eigenvalue weighted by molar-refractivity contribution is -0.120. The number of carbonyl (C=O) groups excluding carboxylic acids is 1. The number of rotatable bonds is 4. The minimum Gasteiger partial charge on any atom is -0.457 e. The van der Waals surface area contributed by atoms with Crippen LogP contribution in [-0.4, -0.2) is 19.0 Å². The summed E-state index contributed by atoms with van der Waals surface area (Å²) in [7, 11) is 0. The SMILES string of the molecule is Cc1ccc(Oc2ccc(NC(=O)C3CCNCC3)cc2)cc1. The molecule has 0 radical (unpaired) electrons. The second-order valence-corrected chi connectivity index (χ2v) is 5.95. The zero-order chi connectivity index (χ0) is 16.1. The van der Waals surface area contributed by atoms with Crippen molar-refractivity contribution in [3.05, 3.63) is 54.1 Å². The molecule has 2 aromatic rings. The molecule has 2 aromatic carbocycles. The minimum atomic E-state index is 0.110. The van der Waals surface area contributed by atoms with Crippen molar-refractivity contribution >= 4 is 11.6 Å². The van der Waals surface area contributed by atoms with E-state index in [1.165, 1.54) is 5.56 Å². The highest BCUT2D eigenvalue weighted by Crippen LogP contribution is 2.24. The van der Waals surface area contributed by atoms with Gasteiger partial charge in [0.15, 0.2) is 0 Å². The third-order valence-corrected chi connectivity index (χ3v) is 4.09. The van der Waals surface area contributed by atoms with Gasteiger partial charge in [-0.25, -0.2) is 0 Å². The van der Waals surface area contributed by atoms with E-state index in [9.17, 15) is 4.79 Å². The molecule has 0 bridgehead atoms. The van der Waals surface area contributed by atoms with Crippen molar-refractivity contribution in [3.8, 4) is 11.5 Å². The van der Waals surface area contributed by atoms with Crippen LogP contribution in [0.4, 0.5) is 5.69 Å². The summed E-state index contributed by atoms with van der Waals surface area (Å²) in [6, 6.07) is 15.4. The Balaban J connectivity index is 1.58. The van der Waals surface area contributed by atoms with Gasteiger partial charge < -0.3 is 15.4 Å². The molecule has 1 amide bonds. The van der Waals surface area contributed by atoms with E-state index in [1.54, 1.807) is 0 Å². The molecule has 0 atom stereocenters. The molecule has 1 aliphatic rings. The zero-order valence-corrected chi connectivity index (χ0v) is 13.3. The summed E-state index contributed by atoms with van der Waals surface area (Å²) >= 11 is 0. The molecule has 4 nitrogen and oxygen atoms in total. The minimum absolute atomic E-state index is 0.110. The number of ether oxygens (including phenoxy) is 1. The molecule has 1 saturated heterocycles. The van der Waals surface area contributed by atoms with Crippen molar-refractivity contribution in [1.29, 1.82) is 0 Å². The Morgan fingerprint density at radius 1 is 1.00 bits per heavy atom. The molecule has 1 heterocycles. The third kappa shape index (κ3) is 4.33. The lowest BCUT2D eigenvalue weighted by Gasteiger charge is -2.21. The number of nitrogens with one attached hydrogen (secondary N) is 2. The monoisotopic (exact) mass is 310 g/mol. The average Bonchev–Trinajstić information content (AvgIpc) is 2.59. The van der Waals surface area contributed by atoms with Crippen LogP contribution in [0.15, 0.2) is 48.5 Å². The van der Waals surface area contributed by atoms with E-state index >= 15 is 0 Å². The predicted octanol–water partition coefficient (Wildman–Crippen LogP) is 3.73. The molecule has 4 heteroatoms. The Morgan fingerprint density at radius 2 is 1.57 bits per heavy atom. The highest BCUT2D eigenvalue weighted by Gasteiger charge is 2.20. The van der Waals surface area contributed by atoms with Gasteiger partial charge in [-0.05, 0) is 69.3 Å². The molecule has 0 aliphatic carbocycles. The van der Waals surface area contributed by atoms with E-state index < -0.39 is 0 Å². The first kappa shape index (κ1) is 15.6. The molecule has 120 valence electrons. The van der Waals surface area contributed by atoms with Crippen LogP contribution >= 0.6 is 0 Å². The van der Waals surface area contributed by atoms with Crippen molar-refractivity contribution < 1.29 is 9.53 Å². The molecule has 1 aliphatic heterocycles. The molecule has 0 aromatic heterocycles. The number of piperidine rings is 1. The number of aryl methyl sites for hydroxylation is 1. The van der Waals surface area contributed by atoms with Crippen LogP contribution in [0.1, 0.15) is 18.4 Å². The largest absolute Gasteiger partial charge is 0.457 e. The number of hydrogen-bond acceptors (Lipinski definition) is 3. The molecule has 2 N–H and O–H groups in total. The van der Waals surface area contributed by atoms with Crippen LogP contribution in [0.25, 0.3) is 0 Å².